The molecule has 1 aromatic rings. The highest BCUT2D eigenvalue weighted by atomic mass is 35.5. The quantitative estimate of drug-likeness (QED) is 0.747. The van der Waals surface area contributed by atoms with Crippen LogP contribution in [-0.2, 0) is 9.84 Å². The lowest BCUT2D eigenvalue weighted by Crippen LogP contribution is -2.19. The fourth-order valence-electron chi connectivity index (χ4n) is 1.61. The van der Waals surface area contributed by atoms with Crippen molar-refractivity contribution >= 4 is 33.0 Å². The van der Waals surface area contributed by atoms with E-state index in [1.54, 1.807) is 26.0 Å². The van der Waals surface area contributed by atoms with Crippen molar-refractivity contribution in [2.24, 2.45) is 0 Å². The van der Waals surface area contributed by atoms with Gasteiger partial charge in [-0.3, -0.25) is 0 Å². The smallest absolute Gasteiger partial charge is 0.152 e. The summed E-state index contributed by atoms with van der Waals surface area (Å²) in [5.41, 5.74) is 1.04. The van der Waals surface area contributed by atoms with E-state index in [0.29, 0.717) is 17.3 Å². The van der Waals surface area contributed by atoms with E-state index in [0.717, 1.165) is 5.56 Å². The molecule has 2 nitrogen and oxygen atoms in total. The van der Waals surface area contributed by atoms with Gasteiger partial charge in [0.05, 0.1) is 11.0 Å². The Hall–Kier alpha value is -0.250. The average molecular weight is 309 g/mol. The fourth-order valence-corrected chi connectivity index (χ4v) is 3.15. The monoisotopic (exact) mass is 308 g/mol. The maximum absolute atomic E-state index is 11.8. The summed E-state index contributed by atoms with van der Waals surface area (Å²) in [7, 11) is -3.00. The van der Waals surface area contributed by atoms with Crippen molar-refractivity contribution < 1.29 is 8.42 Å². The van der Waals surface area contributed by atoms with Gasteiger partial charge in [-0.05, 0) is 43.9 Å². The lowest BCUT2D eigenvalue weighted by molar-refractivity contribution is 0.580. The van der Waals surface area contributed by atoms with Gasteiger partial charge < -0.3 is 0 Å². The van der Waals surface area contributed by atoms with Gasteiger partial charge in [-0.1, -0.05) is 23.7 Å². The minimum absolute atomic E-state index is 0.0532. The van der Waals surface area contributed by atoms with Gasteiger partial charge in [0.25, 0.3) is 0 Å². The van der Waals surface area contributed by atoms with Crippen molar-refractivity contribution in [1.82, 2.24) is 0 Å². The van der Waals surface area contributed by atoms with Crippen LogP contribution in [0.15, 0.2) is 24.3 Å². The fraction of sp³-hybridized carbons (Fsp3) is 0.538. The average Bonchev–Trinajstić information content (AvgIpc) is 2.31. The molecule has 18 heavy (non-hydrogen) atoms. The van der Waals surface area contributed by atoms with Crippen LogP contribution in [0, 0.1) is 0 Å². The Morgan fingerprint density at radius 3 is 2.17 bits per heavy atom. The first-order valence-electron chi connectivity index (χ1n) is 5.90. The van der Waals surface area contributed by atoms with Crippen LogP contribution in [-0.4, -0.2) is 25.3 Å². The van der Waals surface area contributed by atoms with Crippen molar-refractivity contribution in [3.05, 3.63) is 34.9 Å². The molecule has 1 aromatic carbocycles. The van der Waals surface area contributed by atoms with Crippen molar-refractivity contribution in [3.8, 4) is 0 Å². The largest absolute Gasteiger partial charge is 0.229 e. The van der Waals surface area contributed by atoms with E-state index >= 15 is 0 Å². The second-order valence-electron chi connectivity index (χ2n) is 4.61. The van der Waals surface area contributed by atoms with E-state index in [-0.39, 0.29) is 16.9 Å². The molecule has 0 saturated carbocycles. The Labute approximate surface area is 119 Å². The minimum atomic E-state index is -3.00. The van der Waals surface area contributed by atoms with Crippen LogP contribution < -0.4 is 0 Å². The van der Waals surface area contributed by atoms with Crippen molar-refractivity contribution in [2.75, 3.05) is 11.6 Å². The zero-order valence-corrected chi connectivity index (χ0v) is 12.9. The summed E-state index contributed by atoms with van der Waals surface area (Å²) < 4.78 is 23.5. The van der Waals surface area contributed by atoms with Gasteiger partial charge in [0, 0.05) is 10.9 Å². The highest BCUT2D eigenvalue weighted by Gasteiger charge is 2.19. The normalized spacial score (nSPS) is 13.8. The van der Waals surface area contributed by atoms with Gasteiger partial charge in [0.15, 0.2) is 9.84 Å². The van der Waals surface area contributed by atoms with E-state index in [4.69, 9.17) is 23.2 Å². The maximum Gasteiger partial charge on any atom is 0.152 e. The Bertz CT molecular complexity index is 466. The molecule has 0 aliphatic carbocycles. The first-order valence-corrected chi connectivity index (χ1v) is 8.52. The van der Waals surface area contributed by atoms with Crippen LogP contribution in [0.3, 0.4) is 0 Å². The molecule has 1 atom stereocenters. The summed E-state index contributed by atoms with van der Waals surface area (Å²) in [6, 6.07) is 7.40. The van der Waals surface area contributed by atoms with Gasteiger partial charge in [-0.25, -0.2) is 8.42 Å². The third kappa shape index (κ3) is 4.45. The first-order chi connectivity index (χ1) is 8.36. The van der Waals surface area contributed by atoms with E-state index in [9.17, 15) is 8.42 Å². The van der Waals surface area contributed by atoms with Gasteiger partial charge in [0.2, 0.25) is 0 Å². The molecule has 0 N–H and O–H groups in total. The summed E-state index contributed by atoms with van der Waals surface area (Å²) >= 11 is 11.7. The van der Waals surface area contributed by atoms with Crippen molar-refractivity contribution in [2.45, 2.75) is 31.4 Å². The predicted molar refractivity (Wildman–Crippen MR) is 78.5 cm³/mol. The number of halogens is 2. The van der Waals surface area contributed by atoms with Gasteiger partial charge in [-0.2, -0.15) is 0 Å². The van der Waals surface area contributed by atoms with Crippen LogP contribution >= 0.6 is 23.2 Å². The molecule has 0 saturated heterocycles. The Balaban J connectivity index is 2.72. The van der Waals surface area contributed by atoms with Crippen LogP contribution in [0.2, 0.25) is 5.02 Å². The third-order valence-corrected chi connectivity index (χ3v) is 5.86. The summed E-state index contributed by atoms with van der Waals surface area (Å²) in [5, 5.41) is 0.334. The van der Waals surface area contributed by atoms with E-state index < -0.39 is 9.84 Å². The van der Waals surface area contributed by atoms with Gasteiger partial charge in [-0.15, -0.1) is 11.6 Å². The highest BCUT2D eigenvalue weighted by Crippen LogP contribution is 2.24. The summed E-state index contributed by atoms with van der Waals surface area (Å²) in [4.78, 5) is 0. The van der Waals surface area contributed by atoms with Crippen molar-refractivity contribution in [1.29, 1.82) is 0 Å². The summed E-state index contributed by atoms with van der Waals surface area (Å²) in [5.74, 6) is 0.636. The molecule has 5 heteroatoms. The second-order valence-corrected chi connectivity index (χ2v) is 8.03. The Kier molecular flexibility index (Phi) is 5.96. The molecule has 0 aromatic heterocycles. The molecule has 0 bridgehead atoms. The Morgan fingerprint density at radius 1 is 1.17 bits per heavy atom. The molecule has 0 fully saturated rings. The molecule has 0 radical (unpaired) electrons. The van der Waals surface area contributed by atoms with Crippen LogP contribution in [0.4, 0.5) is 0 Å². The van der Waals surface area contributed by atoms with Crippen molar-refractivity contribution in [3.63, 3.8) is 0 Å². The molecular weight excluding hydrogens is 291 g/mol. The molecule has 1 rings (SSSR count). The van der Waals surface area contributed by atoms with Crippen LogP contribution in [0.1, 0.15) is 31.7 Å². The molecule has 0 spiro atoms. The maximum atomic E-state index is 11.8. The number of sulfone groups is 1. The second kappa shape index (κ2) is 6.78. The van der Waals surface area contributed by atoms with E-state index in [2.05, 4.69) is 0 Å². The first kappa shape index (κ1) is 15.8. The minimum Gasteiger partial charge on any atom is -0.229 e. The summed E-state index contributed by atoms with van der Waals surface area (Å²) in [6.07, 6.45) is 0.547. The number of hydrogen-bond acceptors (Lipinski definition) is 2. The number of alkyl halides is 1. The predicted octanol–water partition coefficient (Wildman–Crippen LogP) is 3.88. The number of hydrogen-bond donors (Lipinski definition) is 0. The summed E-state index contributed by atoms with van der Waals surface area (Å²) in [6.45, 7) is 3.40. The lowest BCUT2D eigenvalue weighted by atomic mass is 9.99. The molecule has 1 unspecified atom stereocenters. The zero-order valence-electron chi connectivity index (χ0n) is 10.6. The van der Waals surface area contributed by atoms with Gasteiger partial charge in [0.1, 0.15) is 0 Å². The third-order valence-electron chi connectivity index (χ3n) is 3.00. The highest BCUT2D eigenvalue weighted by molar-refractivity contribution is 7.91. The molecule has 0 aliphatic heterocycles. The topological polar surface area (TPSA) is 34.1 Å². The van der Waals surface area contributed by atoms with E-state index in [1.807, 2.05) is 12.1 Å². The van der Waals surface area contributed by atoms with E-state index in [1.165, 1.54) is 0 Å². The molecule has 0 aliphatic rings. The zero-order chi connectivity index (χ0) is 13.8. The SMILES string of the molecule is CC(C)S(=O)(=O)CCC(CCl)c1ccc(Cl)cc1. The number of rotatable bonds is 6. The van der Waals surface area contributed by atoms with Gasteiger partial charge >= 0.3 is 0 Å². The Morgan fingerprint density at radius 2 is 1.72 bits per heavy atom. The van der Waals surface area contributed by atoms with Crippen LogP contribution in [0.25, 0.3) is 0 Å². The lowest BCUT2D eigenvalue weighted by Gasteiger charge is -2.15. The number of benzene rings is 1. The molecule has 102 valence electrons. The standard InChI is InChI=1S/C13H18Cl2O2S/c1-10(2)18(16,17)8-7-12(9-14)11-3-5-13(15)6-4-11/h3-6,10,12H,7-9H2,1-2H3. The molecular formula is C13H18Cl2O2S. The van der Waals surface area contributed by atoms with Crippen LogP contribution in [0.5, 0.6) is 0 Å². The molecule has 0 heterocycles. The molecule has 0 amide bonds.